The topological polar surface area (TPSA) is 29.3 Å². The molecule has 1 heterocycles. The van der Waals surface area contributed by atoms with Gasteiger partial charge in [-0.25, -0.2) is 13.2 Å². The van der Waals surface area contributed by atoms with E-state index in [1.807, 2.05) is 6.07 Å². The van der Waals surface area contributed by atoms with Gasteiger partial charge in [-0.2, -0.15) is 0 Å². The lowest BCUT2D eigenvalue weighted by molar-refractivity contribution is 0.447. The van der Waals surface area contributed by atoms with Crippen LogP contribution in [0.5, 0.6) is 0 Å². The van der Waals surface area contributed by atoms with Crippen LogP contribution in [0, 0.1) is 17.5 Å². The van der Waals surface area contributed by atoms with Crippen molar-refractivity contribution in [2.24, 2.45) is 5.73 Å². The first kappa shape index (κ1) is 14.9. The van der Waals surface area contributed by atoms with Gasteiger partial charge < -0.3 is 10.6 Å². The van der Waals surface area contributed by atoms with E-state index in [4.69, 9.17) is 5.73 Å². The van der Waals surface area contributed by atoms with E-state index < -0.39 is 11.6 Å². The third-order valence-electron chi connectivity index (χ3n) is 4.05. The van der Waals surface area contributed by atoms with Gasteiger partial charge in [0.15, 0.2) is 0 Å². The van der Waals surface area contributed by atoms with Gasteiger partial charge in [0.25, 0.3) is 0 Å². The average Bonchev–Trinajstić information content (AvgIpc) is 2.46. The van der Waals surface area contributed by atoms with Crippen LogP contribution in [-0.2, 0) is 0 Å². The van der Waals surface area contributed by atoms with E-state index in [9.17, 15) is 13.2 Å². The molecule has 22 heavy (non-hydrogen) atoms. The number of nitrogens with two attached hydrogens (primary N) is 1. The van der Waals surface area contributed by atoms with Crippen LogP contribution >= 0.6 is 0 Å². The van der Waals surface area contributed by atoms with E-state index in [2.05, 4.69) is 0 Å². The molecule has 116 valence electrons. The van der Waals surface area contributed by atoms with Crippen LogP contribution < -0.4 is 10.6 Å². The molecule has 5 heteroatoms. The summed E-state index contributed by atoms with van der Waals surface area (Å²) >= 11 is 0. The number of hydrogen-bond donors (Lipinski definition) is 1. The molecule has 0 radical (unpaired) electrons. The lowest BCUT2D eigenvalue weighted by Crippen LogP contribution is -2.46. The molecular weight excluding hydrogens is 289 g/mol. The molecule has 2 aromatic rings. The van der Waals surface area contributed by atoms with Crippen molar-refractivity contribution in [3.05, 3.63) is 65.5 Å². The number of piperidine rings is 1. The number of rotatable bonds is 2. The second-order valence-corrected chi connectivity index (χ2v) is 5.75. The van der Waals surface area contributed by atoms with E-state index in [1.165, 1.54) is 24.3 Å². The van der Waals surface area contributed by atoms with Gasteiger partial charge in [-0.3, -0.25) is 0 Å². The zero-order valence-corrected chi connectivity index (χ0v) is 12.0. The Morgan fingerprint density at radius 1 is 0.955 bits per heavy atom. The van der Waals surface area contributed by atoms with Crippen LogP contribution in [0.25, 0.3) is 0 Å². The van der Waals surface area contributed by atoms with Crippen molar-refractivity contribution in [3.63, 3.8) is 0 Å². The average molecular weight is 306 g/mol. The monoisotopic (exact) mass is 306 g/mol. The van der Waals surface area contributed by atoms with Gasteiger partial charge in [-0.15, -0.1) is 0 Å². The smallest absolute Gasteiger partial charge is 0.149 e. The van der Waals surface area contributed by atoms with Crippen LogP contribution in [-0.4, -0.2) is 19.1 Å². The Bertz CT molecular complexity index is 675. The highest BCUT2D eigenvalue weighted by Gasteiger charge is 2.28. The maximum absolute atomic E-state index is 14.0. The molecule has 2 unspecified atom stereocenters. The van der Waals surface area contributed by atoms with Gasteiger partial charge in [0.05, 0.1) is 5.69 Å². The normalized spacial score (nSPS) is 21.9. The largest absolute Gasteiger partial charge is 0.367 e. The molecule has 1 aliphatic rings. The minimum absolute atomic E-state index is 0.0175. The summed E-state index contributed by atoms with van der Waals surface area (Å²) in [4.78, 5) is 1.80. The van der Waals surface area contributed by atoms with Crippen molar-refractivity contribution >= 4 is 5.69 Å². The lowest BCUT2D eigenvalue weighted by Gasteiger charge is -2.38. The predicted molar refractivity (Wildman–Crippen MR) is 80.3 cm³/mol. The van der Waals surface area contributed by atoms with E-state index in [1.54, 1.807) is 11.0 Å². The zero-order chi connectivity index (χ0) is 15.7. The second kappa shape index (κ2) is 6.01. The molecule has 2 nitrogen and oxygen atoms in total. The van der Waals surface area contributed by atoms with E-state index in [0.29, 0.717) is 25.2 Å². The van der Waals surface area contributed by atoms with Crippen LogP contribution in [0.1, 0.15) is 17.9 Å². The van der Waals surface area contributed by atoms with Gasteiger partial charge in [0.2, 0.25) is 0 Å². The Labute approximate surface area is 127 Å². The Morgan fingerprint density at radius 2 is 1.73 bits per heavy atom. The molecular formula is C17H17F3N2. The van der Waals surface area contributed by atoms with Crippen LogP contribution in [0.2, 0.25) is 0 Å². The fourth-order valence-electron chi connectivity index (χ4n) is 3.07. The standard InChI is InChI=1S/C17H17F3N2/c18-13-3-1-2-11(6-13)12-7-15(21)10-22(9-12)17-5-4-14(19)8-16(17)20/h1-6,8,12,15H,7,9-10,21H2. The maximum atomic E-state index is 14.0. The minimum Gasteiger partial charge on any atom is -0.367 e. The molecule has 3 rings (SSSR count). The first-order valence-corrected chi connectivity index (χ1v) is 7.24. The Kier molecular flexibility index (Phi) is 4.07. The number of benzene rings is 2. The molecule has 2 atom stereocenters. The molecule has 1 aliphatic heterocycles. The fraction of sp³-hybridized carbons (Fsp3) is 0.294. The van der Waals surface area contributed by atoms with Crippen LogP contribution in [0.3, 0.4) is 0 Å². The van der Waals surface area contributed by atoms with Gasteiger partial charge in [0.1, 0.15) is 17.5 Å². The summed E-state index contributed by atoms with van der Waals surface area (Å²) in [5.74, 6) is -1.49. The van der Waals surface area contributed by atoms with Gasteiger partial charge in [0, 0.05) is 31.1 Å². The number of anilines is 1. The Hall–Kier alpha value is -2.01. The van der Waals surface area contributed by atoms with Crippen molar-refractivity contribution < 1.29 is 13.2 Å². The summed E-state index contributed by atoms with van der Waals surface area (Å²) in [5.41, 5.74) is 7.26. The predicted octanol–water partition coefficient (Wildman–Crippen LogP) is 3.43. The molecule has 0 amide bonds. The maximum Gasteiger partial charge on any atom is 0.149 e. The second-order valence-electron chi connectivity index (χ2n) is 5.75. The summed E-state index contributed by atoms with van der Waals surface area (Å²) < 4.78 is 40.4. The van der Waals surface area contributed by atoms with Crippen LogP contribution in [0.4, 0.5) is 18.9 Å². The number of halogens is 3. The first-order chi connectivity index (χ1) is 10.5. The fourth-order valence-corrected chi connectivity index (χ4v) is 3.07. The van der Waals surface area contributed by atoms with Crippen LogP contribution in [0.15, 0.2) is 42.5 Å². The molecule has 0 aromatic heterocycles. The van der Waals surface area contributed by atoms with E-state index >= 15 is 0 Å². The summed E-state index contributed by atoms with van der Waals surface area (Å²) in [6.07, 6.45) is 0.711. The van der Waals surface area contributed by atoms with Gasteiger partial charge >= 0.3 is 0 Å². The van der Waals surface area contributed by atoms with Gasteiger partial charge in [-0.05, 0) is 36.2 Å². The molecule has 0 spiro atoms. The molecule has 0 bridgehead atoms. The highest BCUT2D eigenvalue weighted by atomic mass is 19.1. The SMILES string of the molecule is NC1CC(c2cccc(F)c2)CN(c2ccc(F)cc2F)C1. The third-order valence-corrected chi connectivity index (χ3v) is 4.05. The van der Waals surface area contributed by atoms with Crippen molar-refractivity contribution in [1.29, 1.82) is 0 Å². The van der Waals surface area contributed by atoms with Crippen molar-refractivity contribution in [1.82, 2.24) is 0 Å². The first-order valence-electron chi connectivity index (χ1n) is 7.24. The molecule has 0 saturated carbocycles. The Morgan fingerprint density at radius 3 is 2.45 bits per heavy atom. The molecule has 2 N–H and O–H groups in total. The number of nitrogens with zero attached hydrogens (tertiary/aromatic N) is 1. The molecule has 1 fully saturated rings. The zero-order valence-electron chi connectivity index (χ0n) is 12.0. The lowest BCUT2D eigenvalue weighted by atomic mass is 9.88. The molecule has 1 saturated heterocycles. The third kappa shape index (κ3) is 3.09. The Balaban J connectivity index is 1.87. The van der Waals surface area contributed by atoms with E-state index in [-0.39, 0.29) is 17.8 Å². The highest BCUT2D eigenvalue weighted by Crippen LogP contribution is 2.31. The molecule has 2 aromatic carbocycles. The summed E-state index contributed by atoms with van der Waals surface area (Å²) in [7, 11) is 0. The summed E-state index contributed by atoms with van der Waals surface area (Å²) in [5, 5.41) is 0. The minimum atomic E-state index is -0.607. The van der Waals surface area contributed by atoms with Crippen molar-refractivity contribution in [2.75, 3.05) is 18.0 Å². The summed E-state index contributed by atoms with van der Waals surface area (Å²) in [6.45, 7) is 1.02. The highest BCUT2D eigenvalue weighted by molar-refractivity contribution is 5.49. The van der Waals surface area contributed by atoms with Gasteiger partial charge in [-0.1, -0.05) is 12.1 Å². The summed E-state index contributed by atoms with van der Waals surface area (Å²) in [6, 6.07) is 9.77. The molecule has 0 aliphatic carbocycles. The van der Waals surface area contributed by atoms with E-state index in [0.717, 1.165) is 11.6 Å². The van der Waals surface area contributed by atoms with Crippen molar-refractivity contribution in [2.45, 2.75) is 18.4 Å². The van der Waals surface area contributed by atoms with Crippen molar-refractivity contribution in [3.8, 4) is 0 Å². The quantitative estimate of drug-likeness (QED) is 0.921. The number of hydrogen-bond acceptors (Lipinski definition) is 2.